The highest BCUT2D eigenvalue weighted by Crippen LogP contribution is 2.24. The molecule has 0 saturated carbocycles. The molecule has 0 saturated heterocycles. The Morgan fingerprint density at radius 3 is 2.48 bits per heavy atom. The monoisotopic (exact) mass is 378 g/mol. The van der Waals surface area contributed by atoms with Crippen molar-refractivity contribution in [3.8, 4) is 0 Å². The SMILES string of the molecule is O=C(COCC(F)(F)C(F)F)Cc1c(F)ccc(Br)c1F. The molecule has 21 heavy (non-hydrogen) atoms. The highest BCUT2D eigenvalue weighted by molar-refractivity contribution is 9.10. The summed E-state index contributed by atoms with van der Waals surface area (Å²) >= 11 is 2.80. The Bertz CT molecular complexity index is 521. The van der Waals surface area contributed by atoms with Gasteiger partial charge in [-0.1, -0.05) is 0 Å². The topological polar surface area (TPSA) is 26.3 Å². The molecule has 1 rings (SSSR count). The van der Waals surface area contributed by atoms with Gasteiger partial charge in [-0.15, -0.1) is 0 Å². The van der Waals surface area contributed by atoms with Gasteiger partial charge in [-0.05, 0) is 28.1 Å². The van der Waals surface area contributed by atoms with Gasteiger partial charge in [-0.3, -0.25) is 4.79 Å². The van der Waals surface area contributed by atoms with Crippen LogP contribution in [0.15, 0.2) is 16.6 Å². The van der Waals surface area contributed by atoms with E-state index in [-0.39, 0.29) is 4.47 Å². The zero-order valence-electron chi connectivity index (χ0n) is 10.3. The molecule has 1 aromatic carbocycles. The smallest absolute Gasteiger partial charge is 0.330 e. The van der Waals surface area contributed by atoms with Gasteiger partial charge in [-0.25, -0.2) is 17.6 Å². The first-order chi connectivity index (χ1) is 9.65. The van der Waals surface area contributed by atoms with Crippen molar-refractivity contribution in [3.63, 3.8) is 0 Å². The normalized spacial score (nSPS) is 12.0. The van der Waals surface area contributed by atoms with Crippen molar-refractivity contribution >= 4 is 21.7 Å². The molecule has 0 aliphatic heterocycles. The lowest BCUT2D eigenvalue weighted by molar-refractivity contribution is -0.168. The van der Waals surface area contributed by atoms with Gasteiger partial charge in [0.2, 0.25) is 0 Å². The van der Waals surface area contributed by atoms with Crippen LogP contribution in [0.4, 0.5) is 26.3 Å². The molecule has 0 aliphatic carbocycles. The molecular weight excluding hydrogens is 370 g/mol. The summed E-state index contributed by atoms with van der Waals surface area (Å²) in [5.74, 6) is -7.29. The largest absolute Gasteiger partial charge is 0.367 e. The van der Waals surface area contributed by atoms with Crippen molar-refractivity contribution in [2.24, 2.45) is 0 Å². The third-order valence-electron chi connectivity index (χ3n) is 2.39. The number of benzene rings is 1. The number of alkyl halides is 4. The second-order valence-electron chi connectivity index (χ2n) is 4.09. The van der Waals surface area contributed by atoms with E-state index in [4.69, 9.17) is 0 Å². The predicted octanol–water partition coefficient (Wildman–Crippen LogP) is 3.76. The van der Waals surface area contributed by atoms with E-state index in [0.29, 0.717) is 0 Å². The number of carbonyl (C=O) groups excluding carboxylic acids is 1. The summed E-state index contributed by atoms with van der Waals surface area (Å²) in [7, 11) is 0. The van der Waals surface area contributed by atoms with Crippen LogP contribution in [0.2, 0.25) is 0 Å². The third kappa shape index (κ3) is 4.99. The average Bonchev–Trinajstić information content (AvgIpc) is 2.39. The molecule has 0 atom stereocenters. The molecule has 0 N–H and O–H groups in total. The van der Waals surface area contributed by atoms with Crippen molar-refractivity contribution in [3.05, 3.63) is 33.8 Å². The maximum absolute atomic E-state index is 13.5. The maximum Gasteiger partial charge on any atom is 0.330 e. The number of hydrogen-bond donors (Lipinski definition) is 0. The second kappa shape index (κ2) is 7.26. The Morgan fingerprint density at radius 1 is 1.29 bits per heavy atom. The molecule has 0 unspecified atom stereocenters. The Labute approximate surface area is 124 Å². The van der Waals surface area contributed by atoms with E-state index < -0.39 is 55.0 Å². The molecule has 0 radical (unpaired) electrons. The van der Waals surface area contributed by atoms with Crippen LogP contribution in [-0.2, 0) is 16.0 Å². The van der Waals surface area contributed by atoms with Gasteiger partial charge in [0.05, 0.1) is 4.47 Å². The molecule has 1 aromatic rings. The Morgan fingerprint density at radius 2 is 1.90 bits per heavy atom. The Hall–Kier alpha value is -1.09. The molecule has 9 heteroatoms. The lowest BCUT2D eigenvalue weighted by Gasteiger charge is -2.14. The van der Waals surface area contributed by atoms with Crippen molar-refractivity contribution in [1.82, 2.24) is 0 Å². The van der Waals surface area contributed by atoms with Gasteiger partial charge in [0.1, 0.15) is 24.8 Å². The third-order valence-corrected chi connectivity index (χ3v) is 3.00. The molecule has 118 valence electrons. The van der Waals surface area contributed by atoms with Crippen LogP contribution in [0.3, 0.4) is 0 Å². The Kier molecular flexibility index (Phi) is 6.21. The van der Waals surface area contributed by atoms with Crippen LogP contribution in [0.25, 0.3) is 0 Å². The minimum Gasteiger partial charge on any atom is -0.367 e. The quantitative estimate of drug-likeness (QED) is 0.533. The highest BCUT2D eigenvalue weighted by Gasteiger charge is 2.41. The first-order valence-corrected chi connectivity index (χ1v) is 6.32. The van der Waals surface area contributed by atoms with Gasteiger partial charge in [0.15, 0.2) is 5.78 Å². The zero-order chi connectivity index (χ0) is 16.2. The van der Waals surface area contributed by atoms with Gasteiger partial charge >= 0.3 is 12.3 Å². The van der Waals surface area contributed by atoms with E-state index in [9.17, 15) is 31.1 Å². The predicted molar refractivity (Wildman–Crippen MR) is 64.5 cm³/mol. The molecule has 0 spiro atoms. The lowest BCUT2D eigenvalue weighted by atomic mass is 10.1. The van der Waals surface area contributed by atoms with Gasteiger partial charge in [0, 0.05) is 12.0 Å². The molecule has 0 heterocycles. The van der Waals surface area contributed by atoms with E-state index >= 15 is 0 Å². The van der Waals surface area contributed by atoms with Crippen LogP contribution < -0.4 is 0 Å². The fourth-order valence-electron chi connectivity index (χ4n) is 1.34. The fourth-order valence-corrected chi connectivity index (χ4v) is 1.71. The molecule has 0 fully saturated rings. The van der Waals surface area contributed by atoms with Crippen molar-refractivity contribution in [1.29, 1.82) is 0 Å². The summed E-state index contributed by atoms with van der Waals surface area (Å²) in [5, 5.41) is 0. The number of halogens is 7. The number of ether oxygens (including phenoxy) is 1. The van der Waals surface area contributed by atoms with E-state index in [1.807, 2.05) is 0 Å². The van der Waals surface area contributed by atoms with E-state index in [2.05, 4.69) is 20.7 Å². The molecule has 0 aromatic heterocycles. The van der Waals surface area contributed by atoms with E-state index in [0.717, 1.165) is 12.1 Å². The number of hydrogen-bond acceptors (Lipinski definition) is 2. The molecule has 0 aliphatic rings. The fraction of sp³-hybridized carbons (Fsp3) is 0.417. The highest BCUT2D eigenvalue weighted by atomic mass is 79.9. The number of carbonyl (C=O) groups is 1. The number of Topliss-reactive ketones (excluding diaryl/α,β-unsaturated/α-hetero) is 1. The van der Waals surface area contributed by atoms with Crippen molar-refractivity contribution in [2.45, 2.75) is 18.8 Å². The van der Waals surface area contributed by atoms with Crippen molar-refractivity contribution in [2.75, 3.05) is 13.2 Å². The van der Waals surface area contributed by atoms with Crippen LogP contribution in [0.5, 0.6) is 0 Å². The average molecular weight is 379 g/mol. The molecule has 0 amide bonds. The first kappa shape index (κ1) is 18.0. The standard InChI is InChI=1S/C12H9BrF6O2/c13-8-1-2-9(14)7(10(8)15)3-6(20)4-21-5-12(18,19)11(16)17/h1-2,11H,3-5H2. The second-order valence-corrected chi connectivity index (χ2v) is 4.95. The maximum atomic E-state index is 13.5. The van der Waals surface area contributed by atoms with Crippen molar-refractivity contribution < 1.29 is 35.9 Å². The van der Waals surface area contributed by atoms with Crippen LogP contribution in [-0.4, -0.2) is 31.3 Å². The van der Waals surface area contributed by atoms with Crippen LogP contribution in [0, 0.1) is 11.6 Å². The summed E-state index contributed by atoms with van der Waals surface area (Å²) < 4.78 is 79.6. The summed E-state index contributed by atoms with van der Waals surface area (Å²) in [6, 6.07) is 2.01. The van der Waals surface area contributed by atoms with Gasteiger partial charge < -0.3 is 4.74 Å². The molecule has 2 nitrogen and oxygen atoms in total. The van der Waals surface area contributed by atoms with Crippen LogP contribution >= 0.6 is 15.9 Å². The summed E-state index contributed by atoms with van der Waals surface area (Å²) in [6.45, 7) is -2.60. The number of ketones is 1. The lowest BCUT2D eigenvalue weighted by Crippen LogP contribution is -2.33. The first-order valence-electron chi connectivity index (χ1n) is 5.53. The van der Waals surface area contributed by atoms with Gasteiger partial charge in [0.25, 0.3) is 0 Å². The summed E-state index contributed by atoms with van der Waals surface area (Å²) in [6.07, 6.45) is -4.66. The van der Waals surface area contributed by atoms with Gasteiger partial charge in [-0.2, -0.15) is 8.78 Å². The van der Waals surface area contributed by atoms with E-state index in [1.165, 1.54) is 0 Å². The summed E-state index contributed by atoms with van der Waals surface area (Å²) in [5.41, 5.74) is -0.557. The summed E-state index contributed by atoms with van der Waals surface area (Å²) in [4.78, 5) is 11.4. The molecular formula is C12H9BrF6O2. The zero-order valence-corrected chi connectivity index (χ0v) is 11.9. The molecule has 0 bridgehead atoms. The van der Waals surface area contributed by atoms with E-state index in [1.54, 1.807) is 0 Å². The number of rotatable bonds is 7. The minimum atomic E-state index is -4.38. The minimum absolute atomic E-state index is 0.0724. The van der Waals surface area contributed by atoms with Crippen LogP contribution in [0.1, 0.15) is 5.56 Å². The Balaban J connectivity index is 2.58.